The third kappa shape index (κ3) is 6.22. The van der Waals surface area contributed by atoms with Gasteiger partial charge in [-0.1, -0.05) is 24.3 Å². The van der Waals surface area contributed by atoms with Crippen LogP contribution in [0.3, 0.4) is 0 Å². The van der Waals surface area contributed by atoms with Crippen LogP contribution >= 0.6 is 0 Å². The van der Waals surface area contributed by atoms with Crippen molar-refractivity contribution in [3.05, 3.63) is 29.8 Å². The topological polar surface area (TPSA) is 83.1 Å². The van der Waals surface area contributed by atoms with Crippen LogP contribution in [0.15, 0.2) is 24.3 Å². The molecule has 1 amide bonds. The molecule has 1 heterocycles. The van der Waals surface area contributed by atoms with Crippen LogP contribution in [0.25, 0.3) is 0 Å². The average molecular weight is 419 g/mol. The fraction of sp³-hybridized carbons (Fsp3) is 0.636. The summed E-state index contributed by atoms with van der Waals surface area (Å²) in [5.74, 6) is -0.505. The molecule has 0 radical (unpaired) electrons. The van der Waals surface area contributed by atoms with Gasteiger partial charge in [0.05, 0.1) is 18.3 Å². The molecule has 1 aromatic carbocycles. The third-order valence-corrected chi connectivity index (χ3v) is 5.40. The van der Waals surface area contributed by atoms with Gasteiger partial charge in [0.2, 0.25) is 0 Å². The van der Waals surface area contributed by atoms with Gasteiger partial charge in [0.25, 0.3) is 0 Å². The SMILES string of the molecule is COC(=O)[C@H](CCc1ccc(B2OC(C)(C)C(C)(C)O2)cc1)NC(=O)OC(C)(C)C. The summed E-state index contributed by atoms with van der Waals surface area (Å²) in [7, 11) is 0.881. The van der Waals surface area contributed by atoms with Gasteiger partial charge in [0.1, 0.15) is 11.6 Å². The van der Waals surface area contributed by atoms with Crippen LogP contribution in [0, 0.1) is 0 Å². The zero-order chi connectivity index (χ0) is 22.7. The lowest BCUT2D eigenvalue weighted by Gasteiger charge is -2.32. The van der Waals surface area contributed by atoms with Crippen molar-refractivity contribution in [2.75, 3.05) is 7.11 Å². The lowest BCUT2D eigenvalue weighted by Crippen LogP contribution is -2.44. The molecule has 1 saturated heterocycles. The highest BCUT2D eigenvalue weighted by Gasteiger charge is 2.51. The van der Waals surface area contributed by atoms with E-state index in [9.17, 15) is 9.59 Å². The second-order valence-electron chi connectivity index (χ2n) is 9.59. The first kappa shape index (κ1) is 24.2. The summed E-state index contributed by atoms with van der Waals surface area (Å²) in [6.45, 7) is 13.4. The van der Waals surface area contributed by atoms with Gasteiger partial charge < -0.3 is 24.1 Å². The molecule has 0 aromatic heterocycles. The number of benzene rings is 1. The highest BCUT2D eigenvalue weighted by Crippen LogP contribution is 2.36. The molecular weight excluding hydrogens is 385 g/mol. The Morgan fingerprint density at radius 1 is 1.07 bits per heavy atom. The summed E-state index contributed by atoms with van der Waals surface area (Å²) < 4.78 is 22.2. The van der Waals surface area contributed by atoms with Crippen molar-refractivity contribution in [1.82, 2.24) is 5.32 Å². The van der Waals surface area contributed by atoms with Crippen LogP contribution in [0.2, 0.25) is 0 Å². The Labute approximate surface area is 179 Å². The van der Waals surface area contributed by atoms with Crippen molar-refractivity contribution in [2.24, 2.45) is 0 Å². The smallest absolute Gasteiger partial charge is 0.467 e. The van der Waals surface area contributed by atoms with E-state index in [1.165, 1.54) is 7.11 Å². The van der Waals surface area contributed by atoms with Crippen LogP contribution < -0.4 is 10.8 Å². The van der Waals surface area contributed by atoms with E-state index in [2.05, 4.69) is 5.32 Å². The average Bonchev–Trinajstić information content (AvgIpc) is 2.84. The van der Waals surface area contributed by atoms with Crippen molar-refractivity contribution in [3.63, 3.8) is 0 Å². The molecule has 1 aliphatic heterocycles. The molecule has 2 rings (SSSR count). The number of carbonyl (C=O) groups excluding carboxylic acids is 2. The molecule has 0 bridgehead atoms. The van der Waals surface area contributed by atoms with Crippen molar-refractivity contribution in [3.8, 4) is 0 Å². The number of aryl methyl sites for hydroxylation is 1. The molecule has 0 spiro atoms. The molecule has 0 aliphatic carbocycles. The highest BCUT2D eigenvalue weighted by molar-refractivity contribution is 6.62. The summed E-state index contributed by atoms with van der Waals surface area (Å²) in [6, 6.07) is 7.09. The molecule has 8 heteroatoms. The number of carbonyl (C=O) groups is 2. The van der Waals surface area contributed by atoms with E-state index in [1.807, 2.05) is 52.0 Å². The Morgan fingerprint density at radius 3 is 2.07 bits per heavy atom. The number of esters is 1. The Balaban J connectivity index is 1.98. The maximum Gasteiger partial charge on any atom is 0.494 e. The standard InChI is InChI=1S/C22H34BNO6/c1-20(2,3)28-19(26)24-17(18(25)27-8)14-11-15-9-12-16(13-10-15)23-29-21(4,5)22(6,7)30-23/h9-10,12-13,17H,11,14H2,1-8H3,(H,24,26)/t17-/m0/s1. The van der Waals surface area contributed by atoms with Gasteiger partial charge in [-0.25, -0.2) is 9.59 Å². The summed E-state index contributed by atoms with van der Waals surface area (Å²) >= 11 is 0. The normalized spacial score (nSPS) is 18.6. The van der Waals surface area contributed by atoms with E-state index in [-0.39, 0.29) is 0 Å². The van der Waals surface area contributed by atoms with Gasteiger partial charge in [-0.2, -0.15) is 0 Å². The number of alkyl carbamates (subject to hydrolysis) is 1. The van der Waals surface area contributed by atoms with Crippen molar-refractivity contribution >= 4 is 24.6 Å². The van der Waals surface area contributed by atoms with E-state index in [0.29, 0.717) is 12.8 Å². The lowest BCUT2D eigenvalue weighted by atomic mass is 9.78. The summed E-state index contributed by atoms with van der Waals surface area (Å²) in [6.07, 6.45) is 0.329. The Kier molecular flexibility index (Phi) is 7.25. The largest absolute Gasteiger partial charge is 0.494 e. The van der Waals surface area contributed by atoms with Gasteiger partial charge in [-0.05, 0) is 72.3 Å². The molecule has 1 aromatic rings. The molecule has 1 N–H and O–H groups in total. The van der Waals surface area contributed by atoms with E-state index in [1.54, 1.807) is 20.8 Å². The van der Waals surface area contributed by atoms with Crippen LogP contribution in [0.5, 0.6) is 0 Å². The molecule has 30 heavy (non-hydrogen) atoms. The minimum Gasteiger partial charge on any atom is -0.467 e. The first-order valence-corrected chi connectivity index (χ1v) is 10.3. The maximum absolute atomic E-state index is 12.1. The number of methoxy groups -OCH3 is 1. The minimum absolute atomic E-state index is 0.391. The van der Waals surface area contributed by atoms with Gasteiger partial charge >= 0.3 is 19.2 Å². The monoisotopic (exact) mass is 419 g/mol. The number of hydrogen-bond acceptors (Lipinski definition) is 6. The number of amides is 1. The summed E-state index contributed by atoms with van der Waals surface area (Å²) in [5, 5.41) is 2.59. The maximum atomic E-state index is 12.1. The molecule has 1 aliphatic rings. The predicted octanol–water partition coefficient (Wildman–Crippen LogP) is 2.98. The lowest BCUT2D eigenvalue weighted by molar-refractivity contribution is -0.143. The van der Waals surface area contributed by atoms with Gasteiger partial charge in [0.15, 0.2) is 0 Å². The third-order valence-electron chi connectivity index (χ3n) is 5.40. The number of hydrogen-bond donors (Lipinski definition) is 1. The van der Waals surface area contributed by atoms with Gasteiger partial charge in [-0.3, -0.25) is 0 Å². The van der Waals surface area contributed by atoms with E-state index >= 15 is 0 Å². The molecule has 0 saturated carbocycles. The Morgan fingerprint density at radius 2 is 1.60 bits per heavy atom. The first-order valence-electron chi connectivity index (χ1n) is 10.3. The van der Waals surface area contributed by atoms with E-state index in [4.69, 9.17) is 18.8 Å². The molecule has 7 nitrogen and oxygen atoms in total. The fourth-order valence-corrected chi connectivity index (χ4v) is 2.97. The zero-order valence-corrected chi connectivity index (χ0v) is 19.3. The minimum atomic E-state index is -0.785. The molecule has 1 fully saturated rings. The Bertz CT molecular complexity index is 738. The van der Waals surface area contributed by atoms with Crippen molar-refractivity contribution in [1.29, 1.82) is 0 Å². The summed E-state index contributed by atoms with van der Waals surface area (Å²) in [5.41, 5.74) is 0.534. The van der Waals surface area contributed by atoms with Gasteiger partial charge in [0, 0.05) is 0 Å². The second kappa shape index (κ2) is 8.98. The Hall–Kier alpha value is -2.06. The van der Waals surface area contributed by atoms with Crippen LogP contribution in [0.4, 0.5) is 4.79 Å². The molecule has 0 unspecified atom stereocenters. The molecule has 1 atom stereocenters. The van der Waals surface area contributed by atoms with Crippen molar-refractivity contribution in [2.45, 2.75) is 84.2 Å². The van der Waals surface area contributed by atoms with Crippen LogP contribution in [-0.2, 0) is 30.0 Å². The molecule has 166 valence electrons. The van der Waals surface area contributed by atoms with Crippen LogP contribution in [0.1, 0.15) is 60.5 Å². The van der Waals surface area contributed by atoms with Crippen molar-refractivity contribution < 1.29 is 28.4 Å². The summed E-state index contributed by atoms with van der Waals surface area (Å²) in [4.78, 5) is 24.1. The number of rotatable bonds is 6. The quantitative estimate of drug-likeness (QED) is 0.564. The van der Waals surface area contributed by atoms with E-state index in [0.717, 1.165) is 11.0 Å². The van der Waals surface area contributed by atoms with E-state index < -0.39 is 42.0 Å². The van der Waals surface area contributed by atoms with Crippen LogP contribution in [-0.4, -0.2) is 49.1 Å². The number of nitrogens with one attached hydrogen (secondary N) is 1. The fourth-order valence-electron chi connectivity index (χ4n) is 2.97. The second-order valence-corrected chi connectivity index (χ2v) is 9.59. The predicted molar refractivity (Wildman–Crippen MR) is 116 cm³/mol. The van der Waals surface area contributed by atoms with Gasteiger partial charge in [-0.15, -0.1) is 0 Å². The molecular formula is C22H34BNO6. The first-order chi connectivity index (χ1) is 13.7. The number of ether oxygens (including phenoxy) is 2. The highest BCUT2D eigenvalue weighted by atomic mass is 16.7. The zero-order valence-electron chi connectivity index (χ0n) is 19.3.